The second-order valence-corrected chi connectivity index (χ2v) is 7.45. The fraction of sp³-hybridized carbons (Fsp3) is 0.136. The topological polar surface area (TPSA) is 68.0 Å². The molecular weight excluding hydrogens is 390 g/mol. The summed E-state index contributed by atoms with van der Waals surface area (Å²) in [6.07, 6.45) is 0.284. The molecule has 2 aliphatic rings. The van der Waals surface area contributed by atoms with Gasteiger partial charge >= 0.3 is 0 Å². The number of benzene rings is 3. The van der Waals surface area contributed by atoms with Crippen LogP contribution in [-0.4, -0.2) is 15.6 Å². The summed E-state index contributed by atoms with van der Waals surface area (Å²) in [4.78, 5) is 10.6. The first-order valence-corrected chi connectivity index (χ1v) is 9.59. The number of fused-ring (bicyclic) bond motifs is 3. The van der Waals surface area contributed by atoms with Crippen molar-refractivity contribution in [2.45, 2.75) is 18.7 Å². The van der Waals surface area contributed by atoms with Crippen molar-refractivity contribution >= 4 is 23.0 Å². The Bertz CT molecular complexity index is 1110. The summed E-state index contributed by atoms with van der Waals surface area (Å²) in [5.74, 6) is 0.810. The molecule has 0 saturated carbocycles. The average Bonchev–Trinajstić information content (AvgIpc) is 3.19. The van der Waals surface area contributed by atoms with Gasteiger partial charge in [0.2, 0.25) is 6.23 Å². The number of rotatable bonds is 3. The summed E-state index contributed by atoms with van der Waals surface area (Å²) in [5, 5.41) is 18.5. The molecule has 0 fully saturated rings. The van der Waals surface area contributed by atoms with E-state index < -0.39 is 11.2 Å². The Morgan fingerprint density at radius 1 is 1.03 bits per heavy atom. The van der Waals surface area contributed by atoms with Crippen molar-refractivity contribution in [1.29, 1.82) is 0 Å². The van der Waals surface area contributed by atoms with Gasteiger partial charge in [-0.3, -0.25) is 10.1 Å². The number of nitro groups is 1. The highest BCUT2D eigenvalue weighted by Gasteiger charge is 2.40. The van der Waals surface area contributed by atoms with Crippen molar-refractivity contribution in [2.24, 2.45) is 5.10 Å². The zero-order valence-electron chi connectivity index (χ0n) is 15.2. The first-order chi connectivity index (χ1) is 14.1. The SMILES string of the molecule is O=[N+]([O-])c1ccc([C@H]2Oc3ccccc3[C@@H]3CC(c4ccc(Cl)cc4)=NN23)cc1. The van der Waals surface area contributed by atoms with Crippen molar-refractivity contribution in [2.75, 3.05) is 0 Å². The van der Waals surface area contributed by atoms with Gasteiger partial charge in [0.15, 0.2) is 0 Å². The summed E-state index contributed by atoms with van der Waals surface area (Å²) >= 11 is 6.03. The lowest BCUT2D eigenvalue weighted by atomic mass is 9.96. The van der Waals surface area contributed by atoms with Crippen molar-refractivity contribution < 1.29 is 9.66 Å². The highest BCUT2D eigenvalue weighted by molar-refractivity contribution is 6.30. The van der Waals surface area contributed by atoms with Crippen LogP contribution < -0.4 is 4.74 Å². The smallest absolute Gasteiger partial charge is 0.269 e. The molecule has 29 heavy (non-hydrogen) atoms. The molecule has 0 aliphatic carbocycles. The fourth-order valence-electron chi connectivity index (χ4n) is 3.83. The summed E-state index contributed by atoms with van der Waals surface area (Å²) in [5.41, 5.74) is 3.92. The van der Waals surface area contributed by atoms with Gasteiger partial charge in [0.1, 0.15) is 5.75 Å². The Morgan fingerprint density at radius 2 is 1.76 bits per heavy atom. The van der Waals surface area contributed by atoms with Crippen molar-refractivity contribution in [3.8, 4) is 5.75 Å². The molecule has 0 radical (unpaired) electrons. The largest absolute Gasteiger partial charge is 0.464 e. The third kappa shape index (κ3) is 3.11. The average molecular weight is 406 g/mol. The molecule has 7 heteroatoms. The standard InChI is InChI=1S/C22H16ClN3O3/c23-16-9-5-14(6-10-16)19-13-20-18-3-1-2-4-21(18)29-22(25(20)24-19)15-7-11-17(12-8-15)26(27)28/h1-12,20,22H,13H2/t20-,22+/m0/s1. The van der Waals surface area contributed by atoms with Gasteiger partial charge in [0.05, 0.1) is 16.7 Å². The van der Waals surface area contributed by atoms with Crippen molar-refractivity contribution in [3.63, 3.8) is 0 Å². The van der Waals surface area contributed by atoms with E-state index in [0.29, 0.717) is 5.02 Å². The molecule has 0 amide bonds. The third-order valence-electron chi connectivity index (χ3n) is 5.27. The number of hydrogen-bond acceptors (Lipinski definition) is 5. The van der Waals surface area contributed by atoms with Crippen LogP contribution in [0.4, 0.5) is 5.69 Å². The van der Waals surface area contributed by atoms with Crippen LogP contribution in [0.1, 0.15) is 35.4 Å². The normalized spacial score (nSPS) is 19.8. The molecule has 2 heterocycles. The maximum Gasteiger partial charge on any atom is 0.269 e. The van der Waals surface area contributed by atoms with Crippen LogP contribution >= 0.6 is 11.6 Å². The van der Waals surface area contributed by atoms with E-state index >= 15 is 0 Å². The van der Waals surface area contributed by atoms with Gasteiger partial charge in [-0.25, -0.2) is 5.01 Å². The van der Waals surface area contributed by atoms with Crippen LogP contribution in [0.3, 0.4) is 0 Å². The predicted molar refractivity (Wildman–Crippen MR) is 110 cm³/mol. The maximum absolute atomic E-state index is 11.0. The molecule has 144 valence electrons. The van der Waals surface area contributed by atoms with E-state index in [9.17, 15) is 10.1 Å². The molecule has 6 nitrogen and oxygen atoms in total. The molecule has 0 aromatic heterocycles. The summed E-state index contributed by atoms with van der Waals surface area (Å²) in [7, 11) is 0. The third-order valence-corrected chi connectivity index (χ3v) is 5.52. The number of nitro benzene ring substituents is 1. The Kier molecular flexibility index (Phi) is 4.21. The van der Waals surface area contributed by atoms with E-state index in [2.05, 4.69) is 6.07 Å². The second-order valence-electron chi connectivity index (χ2n) is 7.01. The molecule has 3 aromatic carbocycles. The van der Waals surface area contributed by atoms with Crippen LogP contribution in [0.2, 0.25) is 5.02 Å². The summed E-state index contributed by atoms with van der Waals surface area (Å²) < 4.78 is 6.26. The van der Waals surface area contributed by atoms with Gasteiger partial charge in [0.25, 0.3) is 5.69 Å². The van der Waals surface area contributed by atoms with Crippen LogP contribution in [-0.2, 0) is 0 Å². The highest BCUT2D eigenvalue weighted by Crippen LogP contribution is 2.47. The number of para-hydroxylation sites is 1. The van der Waals surface area contributed by atoms with Crippen LogP contribution in [0.5, 0.6) is 5.75 Å². The molecule has 0 spiro atoms. The lowest BCUT2D eigenvalue weighted by Gasteiger charge is -2.38. The van der Waals surface area contributed by atoms with E-state index in [4.69, 9.17) is 21.4 Å². The Morgan fingerprint density at radius 3 is 2.48 bits per heavy atom. The number of nitrogens with zero attached hydrogens (tertiary/aromatic N) is 3. The molecule has 2 atom stereocenters. The van der Waals surface area contributed by atoms with Crippen LogP contribution in [0.15, 0.2) is 77.9 Å². The lowest BCUT2D eigenvalue weighted by molar-refractivity contribution is -0.384. The number of non-ortho nitro benzene ring substituents is 1. The van der Waals surface area contributed by atoms with E-state index in [1.54, 1.807) is 12.1 Å². The van der Waals surface area contributed by atoms with Gasteiger partial charge in [-0.2, -0.15) is 5.10 Å². The summed E-state index contributed by atoms with van der Waals surface area (Å²) in [6, 6.07) is 22.1. The Hall–Kier alpha value is -3.38. The van der Waals surface area contributed by atoms with Crippen LogP contribution in [0.25, 0.3) is 0 Å². The zero-order valence-corrected chi connectivity index (χ0v) is 16.0. The highest BCUT2D eigenvalue weighted by atomic mass is 35.5. The van der Waals surface area contributed by atoms with Gasteiger partial charge in [-0.1, -0.05) is 41.9 Å². The molecule has 0 bridgehead atoms. The molecule has 0 saturated heterocycles. The zero-order chi connectivity index (χ0) is 20.0. The molecule has 3 aromatic rings. The number of ether oxygens (including phenoxy) is 1. The monoisotopic (exact) mass is 405 g/mol. The van der Waals surface area contributed by atoms with E-state index in [1.807, 2.05) is 47.5 Å². The Labute approximate surface area is 172 Å². The van der Waals surface area contributed by atoms with E-state index in [-0.39, 0.29) is 11.7 Å². The van der Waals surface area contributed by atoms with Gasteiger partial charge < -0.3 is 4.74 Å². The lowest BCUT2D eigenvalue weighted by Crippen LogP contribution is -2.33. The molecular formula is C22H16ClN3O3. The molecule has 0 N–H and O–H groups in total. The quantitative estimate of drug-likeness (QED) is 0.426. The van der Waals surface area contributed by atoms with Gasteiger partial charge in [0, 0.05) is 34.7 Å². The number of hydrogen-bond donors (Lipinski definition) is 0. The first-order valence-electron chi connectivity index (χ1n) is 9.22. The van der Waals surface area contributed by atoms with Gasteiger partial charge in [-0.15, -0.1) is 0 Å². The van der Waals surface area contributed by atoms with E-state index in [0.717, 1.165) is 34.6 Å². The minimum atomic E-state index is -0.458. The van der Waals surface area contributed by atoms with Crippen LogP contribution in [0, 0.1) is 10.1 Å². The fourth-order valence-corrected chi connectivity index (χ4v) is 3.96. The first kappa shape index (κ1) is 17.7. The minimum Gasteiger partial charge on any atom is -0.464 e. The predicted octanol–water partition coefficient (Wildman–Crippen LogP) is 5.49. The number of halogens is 1. The second kappa shape index (κ2) is 6.90. The molecule has 5 rings (SSSR count). The van der Waals surface area contributed by atoms with Crippen molar-refractivity contribution in [1.82, 2.24) is 5.01 Å². The molecule has 2 aliphatic heterocycles. The van der Waals surface area contributed by atoms with Gasteiger partial charge in [-0.05, 0) is 35.9 Å². The van der Waals surface area contributed by atoms with E-state index in [1.165, 1.54) is 12.1 Å². The molecule has 0 unspecified atom stereocenters. The van der Waals surface area contributed by atoms with Crippen molar-refractivity contribution in [3.05, 3.63) is 105 Å². The Balaban J connectivity index is 1.56. The maximum atomic E-state index is 11.0. The summed E-state index contributed by atoms with van der Waals surface area (Å²) in [6.45, 7) is 0. The minimum absolute atomic E-state index is 0.0332. The number of hydrazone groups is 1.